The van der Waals surface area contributed by atoms with Gasteiger partial charge in [-0.05, 0) is 86.4 Å². The minimum absolute atomic E-state index is 0.0700. The number of benzene rings is 1. The van der Waals surface area contributed by atoms with Crippen LogP contribution in [0, 0.1) is 0 Å². The predicted molar refractivity (Wildman–Crippen MR) is 131 cm³/mol. The lowest BCUT2D eigenvalue weighted by molar-refractivity contribution is -0.152. The summed E-state index contributed by atoms with van der Waals surface area (Å²) in [4.78, 5) is 29.3. The summed E-state index contributed by atoms with van der Waals surface area (Å²) in [5.74, 6) is -0.210. The number of ether oxygens (including phenoxy) is 2. The van der Waals surface area contributed by atoms with E-state index < -0.39 is 28.9 Å². The summed E-state index contributed by atoms with van der Waals surface area (Å²) in [6.07, 6.45) is 3.62. The van der Waals surface area contributed by atoms with Gasteiger partial charge in [0.05, 0.1) is 13.2 Å². The van der Waals surface area contributed by atoms with Gasteiger partial charge in [0.25, 0.3) is 0 Å². The number of hydrogen-bond donors (Lipinski definition) is 2. The van der Waals surface area contributed by atoms with Gasteiger partial charge in [-0.15, -0.1) is 11.3 Å². The molecule has 0 spiro atoms. The van der Waals surface area contributed by atoms with Crippen molar-refractivity contribution in [2.45, 2.75) is 57.1 Å². The molecule has 2 aliphatic heterocycles. The van der Waals surface area contributed by atoms with Crippen LogP contribution >= 0.6 is 11.3 Å². The van der Waals surface area contributed by atoms with Crippen molar-refractivity contribution in [3.05, 3.63) is 63.0 Å². The van der Waals surface area contributed by atoms with Crippen LogP contribution in [0.2, 0.25) is 0 Å². The van der Waals surface area contributed by atoms with E-state index in [4.69, 9.17) is 15.2 Å². The Bertz CT molecular complexity index is 1120. The van der Waals surface area contributed by atoms with Crippen LogP contribution < -0.4 is 10.5 Å². The molecule has 2 atom stereocenters. The summed E-state index contributed by atoms with van der Waals surface area (Å²) >= 11 is 1.45. The monoisotopic (exact) mass is 484 g/mol. The number of nitrogens with zero attached hydrogens (tertiary/aromatic N) is 1. The van der Waals surface area contributed by atoms with Gasteiger partial charge < -0.3 is 25.2 Å². The maximum atomic E-state index is 13.3. The molecule has 0 saturated heterocycles. The molecule has 4 rings (SSSR count). The maximum Gasteiger partial charge on any atom is 0.354 e. The number of primary amides is 1. The van der Waals surface area contributed by atoms with Gasteiger partial charge in [-0.2, -0.15) is 0 Å². The fraction of sp³-hybridized carbons (Fsp3) is 0.462. The zero-order valence-corrected chi connectivity index (χ0v) is 20.9. The number of rotatable bonds is 7. The van der Waals surface area contributed by atoms with Crippen LogP contribution in [0.15, 0.2) is 41.4 Å². The molecule has 0 bridgehead atoms. The van der Waals surface area contributed by atoms with Crippen molar-refractivity contribution in [2.75, 3.05) is 20.3 Å². The van der Waals surface area contributed by atoms with Crippen molar-refractivity contribution in [2.24, 2.45) is 5.73 Å². The fourth-order valence-electron chi connectivity index (χ4n) is 5.03. The SMILES string of the molecule is COc1cc2c(cc1CCCO)C1N(CC2)C(C(=O)OC(C)(C)C)=CC1(C(N)=O)c1cccs1. The molecule has 34 heavy (non-hydrogen) atoms. The number of aliphatic hydroxyl groups excluding tert-OH is 1. The first-order chi connectivity index (χ1) is 16.1. The van der Waals surface area contributed by atoms with E-state index in [9.17, 15) is 14.7 Å². The van der Waals surface area contributed by atoms with Gasteiger partial charge in [-0.1, -0.05) is 6.07 Å². The minimum atomic E-state index is -1.21. The molecule has 3 heterocycles. The molecule has 0 fully saturated rings. The second-order valence-electron chi connectivity index (χ2n) is 9.78. The minimum Gasteiger partial charge on any atom is -0.496 e. The van der Waals surface area contributed by atoms with Crippen LogP contribution in [0.25, 0.3) is 0 Å². The summed E-state index contributed by atoms with van der Waals surface area (Å²) < 4.78 is 11.4. The van der Waals surface area contributed by atoms with Gasteiger partial charge in [-0.3, -0.25) is 4.79 Å². The maximum absolute atomic E-state index is 13.3. The van der Waals surface area contributed by atoms with Gasteiger partial charge in [0.1, 0.15) is 22.5 Å². The van der Waals surface area contributed by atoms with Crippen molar-refractivity contribution in [3.8, 4) is 5.75 Å². The quantitative estimate of drug-likeness (QED) is 0.585. The number of aryl methyl sites for hydroxylation is 1. The first-order valence-electron chi connectivity index (χ1n) is 11.5. The number of nitrogens with two attached hydrogens (primary N) is 1. The van der Waals surface area contributed by atoms with E-state index in [1.807, 2.05) is 49.3 Å². The number of aliphatic hydroxyl groups is 1. The Kier molecular flexibility index (Phi) is 6.48. The molecule has 1 aromatic carbocycles. The Morgan fingerprint density at radius 3 is 2.68 bits per heavy atom. The number of thiophene rings is 1. The molecule has 1 aromatic heterocycles. The van der Waals surface area contributed by atoms with E-state index >= 15 is 0 Å². The highest BCUT2D eigenvalue weighted by Gasteiger charge is 2.57. The summed E-state index contributed by atoms with van der Waals surface area (Å²) in [7, 11) is 1.64. The Hall–Kier alpha value is -2.84. The van der Waals surface area contributed by atoms with Crippen LogP contribution in [0.1, 0.15) is 54.8 Å². The largest absolute Gasteiger partial charge is 0.496 e. The molecule has 7 nitrogen and oxygen atoms in total. The molecule has 182 valence electrons. The van der Waals surface area contributed by atoms with E-state index in [2.05, 4.69) is 6.07 Å². The Balaban J connectivity index is 1.92. The van der Waals surface area contributed by atoms with Crippen molar-refractivity contribution in [3.63, 3.8) is 0 Å². The van der Waals surface area contributed by atoms with Crippen LogP contribution in [0.3, 0.4) is 0 Å². The van der Waals surface area contributed by atoms with Gasteiger partial charge >= 0.3 is 5.97 Å². The number of amides is 1. The third-order valence-corrected chi connectivity index (χ3v) is 7.45. The van der Waals surface area contributed by atoms with Crippen molar-refractivity contribution < 1.29 is 24.2 Å². The molecular weight excluding hydrogens is 452 g/mol. The van der Waals surface area contributed by atoms with E-state index in [1.54, 1.807) is 13.2 Å². The predicted octanol–water partition coefficient (Wildman–Crippen LogP) is 3.24. The van der Waals surface area contributed by atoms with E-state index in [0.717, 1.165) is 27.3 Å². The van der Waals surface area contributed by atoms with E-state index in [0.29, 0.717) is 31.5 Å². The smallest absolute Gasteiger partial charge is 0.354 e. The number of hydrogen-bond acceptors (Lipinski definition) is 7. The second-order valence-corrected chi connectivity index (χ2v) is 10.7. The molecule has 2 aliphatic rings. The molecule has 0 saturated carbocycles. The van der Waals surface area contributed by atoms with Crippen LogP contribution in [0.5, 0.6) is 5.75 Å². The highest BCUT2D eigenvalue weighted by molar-refractivity contribution is 7.10. The number of carbonyl (C=O) groups is 2. The van der Waals surface area contributed by atoms with Gasteiger partial charge in [0, 0.05) is 18.0 Å². The molecule has 2 unspecified atom stereocenters. The fourth-order valence-corrected chi connectivity index (χ4v) is 5.96. The topological polar surface area (TPSA) is 102 Å². The Labute approximate surface area is 204 Å². The third kappa shape index (κ3) is 4.09. The average molecular weight is 485 g/mol. The first kappa shape index (κ1) is 24.3. The van der Waals surface area contributed by atoms with Gasteiger partial charge in [-0.25, -0.2) is 4.79 Å². The van der Waals surface area contributed by atoms with Crippen molar-refractivity contribution in [1.29, 1.82) is 0 Å². The summed E-state index contributed by atoms with van der Waals surface area (Å²) in [5, 5.41) is 11.3. The Morgan fingerprint density at radius 1 is 1.32 bits per heavy atom. The highest BCUT2D eigenvalue weighted by Crippen LogP contribution is 2.54. The van der Waals surface area contributed by atoms with Crippen molar-refractivity contribution in [1.82, 2.24) is 4.90 Å². The normalized spacial score (nSPS) is 21.5. The zero-order valence-electron chi connectivity index (χ0n) is 20.1. The molecule has 2 aromatic rings. The summed E-state index contributed by atoms with van der Waals surface area (Å²) in [6.45, 7) is 6.08. The van der Waals surface area contributed by atoms with Crippen molar-refractivity contribution >= 4 is 23.2 Å². The van der Waals surface area contributed by atoms with E-state index in [1.165, 1.54) is 11.3 Å². The number of esters is 1. The number of fused-ring (bicyclic) bond motifs is 3. The lowest BCUT2D eigenvalue weighted by Gasteiger charge is -2.42. The number of carbonyl (C=O) groups excluding carboxylic acids is 2. The highest BCUT2D eigenvalue weighted by atomic mass is 32.1. The number of methoxy groups -OCH3 is 1. The van der Waals surface area contributed by atoms with Crippen LogP contribution in [0.4, 0.5) is 0 Å². The zero-order chi connectivity index (χ0) is 24.7. The second kappa shape index (κ2) is 9.07. The lowest BCUT2D eigenvalue weighted by Crippen LogP contribution is -2.48. The molecule has 0 radical (unpaired) electrons. The van der Waals surface area contributed by atoms with Crippen LogP contribution in [-0.2, 0) is 32.6 Å². The summed E-state index contributed by atoms with van der Waals surface area (Å²) in [6, 6.07) is 7.38. The lowest BCUT2D eigenvalue weighted by atomic mass is 9.73. The standard InChI is InChI=1S/C26H32N2O5S/c1-25(2,3)33-23(30)19-15-26(24(27)31,21-8-6-12-34-21)22-18-13-17(7-5-11-29)20(32-4)14-16(18)9-10-28(19)22/h6,8,12-15,22,29H,5,7,9-11H2,1-4H3,(H2,27,31). The van der Waals surface area contributed by atoms with Crippen LogP contribution in [-0.4, -0.2) is 47.7 Å². The third-order valence-electron chi connectivity index (χ3n) is 6.42. The average Bonchev–Trinajstić information content (AvgIpc) is 3.42. The Morgan fingerprint density at radius 2 is 2.09 bits per heavy atom. The van der Waals surface area contributed by atoms with Gasteiger partial charge in [0.2, 0.25) is 5.91 Å². The molecule has 0 aliphatic carbocycles. The first-order valence-corrected chi connectivity index (χ1v) is 12.4. The summed E-state index contributed by atoms with van der Waals surface area (Å²) in [5.41, 5.74) is 7.58. The molecular formula is C26H32N2O5S. The van der Waals surface area contributed by atoms with E-state index in [-0.39, 0.29) is 6.61 Å². The molecule has 8 heteroatoms. The molecule has 3 N–H and O–H groups in total. The molecule has 1 amide bonds. The van der Waals surface area contributed by atoms with Gasteiger partial charge in [0.15, 0.2) is 0 Å².